The van der Waals surface area contributed by atoms with Crippen molar-refractivity contribution in [2.24, 2.45) is 22.7 Å². The van der Waals surface area contributed by atoms with Crippen LogP contribution in [-0.2, 0) is 0 Å². The van der Waals surface area contributed by atoms with E-state index in [4.69, 9.17) is 0 Å². The summed E-state index contributed by atoms with van der Waals surface area (Å²) in [6.45, 7) is 12.0. The van der Waals surface area contributed by atoms with Gasteiger partial charge >= 0.3 is 200 Å². The first-order chi connectivity index (χ1) is 11.8. The molecule has 4 heteroatoms. The molecule has 0 heterocycles. The molecule has 0 aromatic heterocycles. The Balaban J connectivity index is 2.00. The topological polar surface area (TPSA) is 20.2 Å². The molecule has 142 valence electrons. The van der Waals surface area contributed by atoms with Crippen molar-refractivity contribution in [3.63, 3.8) is 0 Å². The molecule has 5 unspecified atom stereocenters. The predicted octanol–water partition coefficient (Wildman–Crippen LogP) is 6.00. The quantitative estimate of drug-likeness (QED) is 0.262. The Hall–Kier alpha value is 1.47. The van der Waals surface area contributed by atoms with E-state index in [1.807, 2.05) is 0 Å². The van der Waals surface area contributed by atoms with Gasteiger partial charge in [-0.3, -0.25) is 0 Å². The maximum absolute atomic E-state index is 11.2. The van der Waals surface area contributed by atoms with E-state index in [-0.39, 0.29) is 10.8 Å². The van der Waals surface area contributed by atoms with Crippen LogP contribution >= 0.6 is 12.6 Å². The van der Waals surface area contributed by atoms with Gasteiger partial charge in [0.15, 0.2) is 0 Å². The summed E-state index contributed by atoms with van der Waals surface area (Å²) in [4.78, 5) is 0. The number of allylic oxidation sites excluding steroid dienone is 2. The molecule has 3 rings (SSSR count). The van der Waals surface area contributed by atoms with Crippen molar-refractivity contribution in [1.29, 1.82) is 0 Å². The Bertz CT molecular complexity index is 643. The molecule has 0 aromatic carbocycles. The zero-order valence-corrected chi connectivity index (χ0v) is 25.7. The molecule has 6 radical (unpaired) electrons. The van der Waals surface area contributed by atoms with Gasteiger partial charge in [0.25, 0.3) is 0 Å². The van der Waals surface area contributed by atoms with Gasteiger partial charge in [0.2, 0.25) is 0 Å². The Morgan fingerprint density at radius 1 is 1.15 bits per heavy atom. The second kappa shape index (κ2) is 7.31. The Labute approximate surface area is 198 Å². The summed E-state index contributed by atoms with van der Waals surface area (Å²) in [5.41, 5.74) is 2.81. The fourth-order valence-electron chi connectivity index (χ4n) is 6.17. The molecule has 26 heavy (non-hydrogen) atoms. The van der Waals surface area contributed by atoms with E-state index in [1.165, 1.54) is 89.2 Å². The number of thiol groups is 1. The van der Waals surface area contributed by atoms with E-state index in [1.54, 1.807) is 0 Å². The van der Waals surface area contributed by atoms with Crippen molar-refractivity contribution in [1.82, 2.24) is 0 Å². The number of aliphatic hydroxyl groups excluding tert-OH is 1. The van der Waals surface area contributed by atoms with Crippen molar-refractivity contribution in [2.45, 2.75) is 79.1 Å². The maximum atomic E-state index is 11.2. The van der Waals surface area contributed by atoms with Crippen LogP contribution in [0.4, 0.5) is 0 Å². The molecule has 0 aliphatic heterocycles. The molecular weight excluding hydrogens is 727 g/mol. The van der Waals surface area contributed by atoms with Crippen molar-refractivity contribution in [3.05, 3.63) is 23.0 Å². The average Bonchev–Trinajstić information content (AvgIpc) is 2.41. The van der Waals surface area contributed by atoms with Gasteiger partial charge in [-0.05, 0) is 0 Å². The average molecular weight is 761 g/mol. The zero-order chi connectivity index (χ0) is 19.5. The molecule has 2 saturated carbocycles. The molecular formula is C22H34OPb2S. The van der Waals surface area contributed by atoms with Gasteiger partial charge in [0, 0.05) is 0 Å². The van der Waals surface area contributed by atoms with Gasteiger partial charge in [-0.1, -0.05) is 0 Å². The summed E-state index contributed by atoms with van der Waals surface area (Å²) in [5.74, 6) is 2.63. The van der Waals surface area contributed by atoms with Crippen LogP contribution in [0.2, 0.25) is 5.95 Å². The second-order valence-electron chi connectivity index (χ2n) is 11.1. The summed E-state index contributed by atoms with van der Waals surface area (Å²) in [7, 11) is 0. The molecule has 5 atom stereocenters. The second-order valence-corrected chi connectivity index (χ2v) is 20.2. The molecule has 0 saturated heterocycles. The minimum atomic E-state index is 0.144. The first kappa shape index (κ1) is 22.2. The van der Waals surface area contributed by atoms with E-state index < -0.39 is 0 Å². The molecule has 2 fully saturated rings. The fraction of sp³-hybridized carbons (Fsp3) is 0.818. The third-order valence-corrected chi connectivity index (χ3v) is 11.0. The fourth-order valence-corrected chi connectivity index (χ4v) is 15.7. The van der Waals surface area contributed by atoms with Gasteiger partial charge in [-0.25, -0.2) is 0 Å². The first-order valence-corrected chi connectivity index (χ1v) is 14.5. The van der Waals surface area contributed by atoms with Crippen LogP contribution in [0.25, 0.3) is 0 Å². The van der Waals surface area contributed by atoms with Crippen LogP contribution in [0, 0.1) is 22.7 Å². The number of rotatable bonds is 2. The molecule has 0 spiro atoms. The van der Waals surface area contributed by atoms with Gasteiger partial charge in [0.05, 0.1) is 0 Å². The molecule has 1 nitrogen and oxygen atoms in total. The standard InChI is InChI=1S/C22H34OS.2Pb/c1-14-6-15-8-16(7-14)12-22(5,11-15)19-10-18(21(2,3)4)9-17(13-24)20(19)23;;/h10,15,18,23-24H,6-9,11-13H2,1-5H3;;. The molecule has 1 N–H and O–H groups in total. The third-order valence-electron chi connectivity index (χ3n) is 6.99. The summed E-state index contributed by atoms with van der Waals surface area (Å²) in [5, 5.41) is 11.2. The summed E-state index contributed by atoms with van der Waals surface area (Å²) < 4.78 is 1.21. The van der Waals surface area contributed by atoms with Crippen LogP contribution in [0.5, 0.6) is 0 Å². The molecule has 0 aromatic rings. The summed E-state index contributed by atoms with van der Waals surface area (Å²) in [6.07, 6.45) is 10.3. The van der Waals surface area contributed by atoms with Gasteiger partial charge in [-0.15, -0.1) is 0 Å². The van der Waals surface area contributed by atoms with Gasteiger partial charge in [-0.2, -0.15) is 0 Å². The normalized spacial score (nSPS) is 44.1. The van der Waals surface area contributed by atoms with Crippen LogP contribution in [0.15, 0.2) is 23.0 Å². The minimum absolute atomic E-state index is 0.144. The third kappa shape index (κ3) is 4.46. The van der Waals surface area contributed by atoms with Crippen LogP contribution < -0.4 is 0 Å². The van der Waals surface area contributed by atoms with Crippen LogP contribution in [-0.4, -0.2) is 62.4 Å². The molecule has 0 amide bonds. The Morgan fingerprint density at radius 3 is 2.35 bits per heavy atom. The van der Waals surface area contributed by atoms with Crippen molar-refractivity contribution in [3.8, 4) is 0 Å². The Kier molecular flexibility index (Phi) is 6.23. The predicted molar refractivity (Wildman–Crippen MR) is 116 cm³/mol. The summed E-state index contributed by atoms with van der Waals surface area (Å²) in [6, 6.07) is 0. The number of hydrogen-bond donors (Lipinski definition) is 2. The van der Waals surface area contributed by atoms with Crippen LogP contribution in [0.3, 0.4) is 0 Å². The molecule has 2 bridgehead atoms. The van der Waals surface area contributed by atoms with Crippen molar-refractivity contribution >= 4 is 64.2 Å². The van der Waals surface area contributed by atoms with E-state index in [0.29, 0.717) is 23.4 Å². The van der Waals surface area contributed by atoms with Gasteiger partial charge in [0.1, 0.15) is 0 Å². The zero-order valence-electron chi connectivity index (χ0n) is 17.1. The monoisotopic (exact) mass is 762 g/mol. The summed E-state index contributed by atoms with van der Waals surface area (Å²) >= 11 is 7.17. The van der Waals surface area contributed by atoms with E-state index in [9.17, 15) is 5.11 Å². The number of hydrogen-bond acceptors (Lipinski definition) is 2. The molecule has 3 aliphatic rings. The van der Waals surface area contributed by atoms with Crippen molar-refractivity contribution < 1.29 is 5.11 Å². The first-order valence-electron chi connectivity index (χ1n) is 10.0. The SMILES string of the molecule is C[C]1([Pb])CC2C[C]([Pb])(C1)CC(C)(C1=CC(C(C)(C)C)CC(CS)=C1O)C2. The van der Waals surface area contributed by atoms with E-state index >= 15 is 0 Å². The van der Waals surface area contributed by atoms with Crippen molar-refractivity contribution in [2.75, 3.05) is 5.75 Å². The van der Waals surface area contributed by atoms with E-state index in [0.717, 1.165) is 17.9 Å². The number of fused-ring (bicyclic) bond motifs is 2. The van der Waals surface area contributed by atoms with Gasteiger partial charge < -0.3 is 0 Å². The molecule has 3 aliphatic carbocycles. The Morgan fingerprint density at radius 2 is 1.81 bits per heavy atom. The number of aliphatic hydroxyl groups is 1. The van der Waals surface area contributed by atoms with E-state index in [2.05, 4.69) is 53.3 Å². The van der Waals surface area contributed by atoms with Crippen LogP contribution in [0.1, 0.15) is 73.1 Å².